The summed E-state index contributed by atoms with van der Waals surface area (Å²) in [6.45, 7) is 4.52. The molecule has 4 heteroatoms. The molecule has 1 rings (SSSR count). The van der Waals surface area contributed by atoms with Crippen molar-refractivity contribution in [2.45, 2.75) is 64.1 Å². The van der Waals surface area contributed by atoms with E-state index in [1.807, 2.05) is 0 Å². The molecule has 1 fully saturated rings. The molecular weight excluding hydrogens is 242 g/mol. The summed E-state index contributed by atoms with van der Waals surface area (Å²) in [6.07, 6.45) is 7.70. The van der Waals surface area contributed by atoms with Gasteiger partial charge in [-0.25, -0.2) is 0 Å². The number of nitrogens with one attached hydrogen (secondary N) is 1. The Morgan fingerprint density at radius 2 is 1.89 bits per heavy atom. The van der Waals surface area contributed by atoms with Gasteiger partial charge in [0.1, 0.15) is 0 Å². The fraction of sp³-hybridized carbons (Fsp3) is 1.00. The van der Waals surface area contributed by atoms with E-state index in [-0.39, 0.29) is 6.61 Å². The second kappa shape index (κ2) is 10.6. The number of unbranched alkanes of at least 4 members (excludes halogenated alkanes) is 2. The Morgan fingerprint density at radius 1 is 1.16 bits per heavy atom. The van der Waals surface area contributed by atoms with Gasteiger partial charge in [0.15, 0.2) is 0 Å². The van der Waals surface area contributed by atoms with Crippen LogP contribution in [0.3, 0.4) is 0 Å². The molecular formula is C15H31NO3. The minimum Gasteiger partial charge on any atom is -0.396 e. The molecule has 0 aromatic heterocycles. The summed E-state index contributed by atoms with van der Waals surface area (Å²) in [5.74, 6) is 0.838. The fourth-order valence-corrected chi connectivity index (χ4v) is 2.51. The standard InChI is InChI=1S/C15H31NO3/c1-13-5-7-15(8-6-13)19-12-14(18)11-16-9-3-2-4-10-17/h13-18H,2-12H2,1H3. The van der Waals surface area contributed by atoms with Crippen molar-refractivity contribution >= 4 is 0 Å². The first-order valence-electron chi connectivity index (χ1n) is 7.83. The van der Waals surface area contributed by atoms with Crippen LogP contribution >= 0.6 is 0 Å². The lowest BCUT2D eigenvalue weighted by Crippen LogP contribution is -2.33. The van der Waals surface area contributed by atoms with E-state index in [4.69, 9.17) is 9.84 Å². The Bertz CT molecular complexity index is 206. The highest BCUT2D eigenvalue weighted by Crippen LogP contribution is 2.25. The lowest BCUT2D eigenvalue weighted by atomic mass is 9.89. The Hall–Kier alpha value is -0.160. The molecule has 4 nitrogen and oxygen atoms in total. The van der Waals surface area contributed by atoms with Crippen molar-refractivity contribution in [1.29, 1.82) is 0 Å². The normalized spacial score (nSPS) is 25.4. The van der Waals surface area contributed by atoms with Crippen molar-refractivity contribution in [1.82, 2.24) is 5.32 Å². The van der Waals surface area contributed by atoms with Crippen molar-refractivity contribution in [3.63, 3.8) is 0 Å². The van der Waals surface area contributed by atoms with Crippen LogP contribution in [0.15, 0.2) is 0 Å². The summed E-state index contributed by atoms with van der Waals surface area (Å²) in [6, 6.07) is 0. The van der Waals surface area contributed by atoms with Crippen LogP contribution in [0.2, 0.25) is 0 Å². The Balaban J connectivity index is 1.91. The molecule has 0 heterocycles. The van der Waals surface area contributed by atoms with Gasteiger partial charge < -0.3 is 20.3 Å². The zero-order chi connectivity index (χ0) is 13.9. The van der Waals surface area contributed by atoms with Crippen LogP contribution in [0.1, 0.15) is 51.9 Å². The number of aliphatic hydroxyl groups is 2. The summed E-state index contributed by atoms with van der Waals surface area (Å²) < 4.78 is 5.77. The summed E-state index contributed by atoms with van der Waals surface area (Å²) in [5.41, 5.74) is 0. The van der Waals surface area contributed by atoms with Crippen LogP contribution in [0.25, 0.3) is 0 Å². The van der Waals surface area contributed by atoms with Crippen LogP contribution in [0.5, 0.6) is 0 Å². The number of aliphatic hydroxyl groups excluding tert-OH is 2. The molecule has 1 aliphatic carbocycles. The van der Waals surface area contributed by atoms with Gasteiger partial charge in [-0.05, 0) is 57.4 Å². The molecule has 0 radical (unpaired) electrons. The van der Waals surface area contributed by atoms with Crippen molar-refractivity contribution < 1.29 is 14.9 Å². The molecule has 19 heavy (non-hydrogen) atoms. The molecule has 1 unspecified atom stereocenters. The van der Waals surface area contributed by atoms with Gasteiger partial charge in [0.2, 0.25) is 0 Å². The predicted octanol–water partition coefficient (Wildman–Crippen LogP) is 1.69. The zero-order valence-electron chi connectivity index (χ0n) is 12.3. The van der Waals surface area contributed by atoms with Crippen LogP contribution < -0.4 is 5.32 Å². The maximum absolute atomic E-state index is 9.81. The summed E-state index contributed by atoms with van der Waals surface area (Å²) >= 11 is 0. The quantitative estimate of drug-likeness (QED) is 0.530. The molecule has 1 atom stereocenters. The average Bonchev–Trinajstić information content (AvgIpc) is 2.42. The molecule has 0 amide bonds. The molecule has 1 saturated carbocycles. The maximum atomic E-state index is 9.81. The van der Waals surface area contributed by atoms with Gasteiger partial charge in [-0.1, -0.05) is 6.92 Å². The SMILES string of the molecule is CC1CCC(OCC(O)CNCCCCCO)CC1. The Labute approximate surface area is 117 Å². The van der Waals surface area contributed by atoms with Crippen molar-refractivity contribution in [2.75, 3.05) is 26.3 Å². The monoisotopic (exact) mass is 273 g/mol. The number of rotatable bonds is 10. The summed E-state index contributed by atoms with van der Waals surface area (Å²) in [4.78, 5) is 0. The van der Waals surface area contributed by atoms with Gasteiger partial charge in [0, 0.05) is 13.2 Å². The van der Waals surface area contributed by atoms with Gasteiger partial charge in [-0.2, -0.15) is 0 Å². The Kier molecular flexibility index (Phi) is 9.43. The Morgan fingerprint density at radius 3 is 2.58 bits per heavy atom. The lowest BCUT2D eigenvalue weighted by molar-refractivity contribution is -0.0277. The number of hydrogen-bond acceptors (Lipinski definition) is 4. The van der Waals surface area contributed by atoms with E-state index >= 15 is 0 Å². The first-order chi connectivity index (χ1) is 9.22. The molecule has 0 saturated heterocycles. The molecule has 0 spiro atoms. The predicted molar refractivity (Wildman–Crippen MR) is 77.2 cm³/mol. The second-order valence-corrected chi connectivity index (χ2v) is 5.86. The molecule has 1 aliphatic rings. The third kappa shape index (κ3) is 8.58. The zero-order valence-corrected chi connectivity index (χ0v) is 12.3. The lowest BCUT2D eigenvalue weighted by Gasteiger charge is -2.27. The first kappa shape index (κ1) is 16.9. The van der Waals surface area contributed by atoms with E-state index in [0.717, 1.165) is 44.6 Å². The highest BCUT2D eigenvalue weighted by molar-refractivity contribution is 4.71. The van der Waals surface area contributed by atoms with Crippen molar-refractivity contribution in [3.05, 3.63) is 0 Å². The van der Waals surface area contributed by atoms with Gasteiger partial charge in [-0.15, -0.1) is 0 Å². The van der Waals surface area contributed by atoms with Crippen molar-refractivity contribution in [2.24, 2.45) is 5.92 Å². The van der Waals surface area contributed by atoms with Gasteiger partial charge in [-0.3, -0.25) is 0 Å². The van der Waals surface area contributed by atoms with Crippen LogP contribution in [-0.2, 0) is 4.74 Å². The smallest absolute Gasteiger partial charge is 0.0897 e. The van der Waals surface area contributed by atoms with Gasteiger partial charge in [0.05, 0.1) is 18.8 Å². The van der Waals surface area contributed by atoms with Crippen LogP contribution in [0, 0.1) is 5.92 Å². The first-order valence-corrected chi connectivity index (χ1v) is 7.83. The van der Waals surface area contributed by atoms with Crippen molar-refractivity contribution in [3.8, 4) is 0 Å². The molecule has 3 N–H and O–H groups in total. The minimum absolute atomic E-state index is 0.274. The van der Waals surface area contributed by atoms with E-state index < -0.39 is 6.10 Å². The number of hydrogen-bond donors (Lipinski definition) is 3. The van der Waals surface area contributed by atoms with E-state index in [0.29, 0.717) is 19.3 Å². The fourth-order valence-electron chi connectivity index (χ4n) is 2.51. The molecule has 0 bridgehead atoms. The topological polar surface area (TPSA) is 61.7 Å². The van der Waals surface area contributed by atoms with E-state index in [2.05, 4.69) is 12.2 Å². The second-order valence-electron chi connectivity index (χ2n) is 5.86. The number of ether oxygens (including phenoxy) is 1. The summed E-state index contributed by atoms with van der Waals surface area (Å²) in [7, 11) is 0. The van der Waals surface area contributed by atoms with E-state index in [9.17, 15) is 5.11 Å². The molecule has 114 valence electrons. The maximum Gasteiger partial charge on any atom is 0.0897 e. The molecule has 0 aromatic carbocycles. The van der Waals surface area contributed by atoms with Crippen LogP contribution in [-0.4, -0.2) is 48.7 Å². The van der Waals surface area contributed by atoms with Gasteiger partial charge in [0.25, 0.3) is 0 Å². The molecule has 0 aromatic rings. The largest absolute Gasteiger partial charge is 0.396 e. The highest BCUT2D eigenvalue weighted by atomic mass is 16.5. The van der Waals surface area contributed by atoms with Gasteiger partial charge >= 0.3 is 0 Å². The van der Waals surface area contributed by atoms with Crippen LogP contribution in [0.4, 0.5) is 0 Å². The third-order valence-electron chi connectivity index (χ3n) is 3.88. The van der Waals surface area contributed by atoms with E-state index in [1.54, 1.807) is 0 Å². The average molecular weight is 273 g/mol. The summed E-state index contributed by atoms with van der Waals surface area (Å²) in [5, 5.41) is 21.7. The molecule has 0 aliphatic heterocycles. The third-order valence-corrected chi connectivity index (χ3v) is 3.88. The highest BCUT2D eigenvalue weighted by Gasteiger charge is 2.19. The minimum atomic E-state index is -0.405. The van der Waals surface area contributed by atoms with E-state index in [1.165, 1.54) is 12.8 Å².